The predicted octanol–water partition coefficient (Wildman–Crippen LogP) is 3.88. The van der Waals surface area contributed by atoms with E-state index in [1.54, 1.807) is 12.4 Å². The minimum Gasteiger partial charge on any atom is -0.294 e. The highest BCUT2D eigenvalue weighted by Gasteiger charge is 2.53. The molecule has 0 saturated heterocycles. The highest BCUT2D eigenvalue weighted by molar-refractivity contribution is 5.98. The van der Waals surface area contributed by atoms with E-state index in [1.807, 2.05) is 24.3 Å². The molecular weight excluding hydrogens is 246 g/mol. The number of aromatic nitrogens is 1. The molecule has 4 saturated carbocycles. The SMILES string of the molecule is O=C(/C=C/c1ccncc1)C12CC3CC(CC(C3)C1)C2. The van der Waals surface area contributed by atoms with Crippen LogP contribution in [0.3, 0.4) is 0 Å². The Labute approximate surface area is 120 Å². The first kappa shape index (κ1) is 12.3. The van der Waals surface area contributed by atoms with Crippen LogP contribution in [0.2, 0.25) is 0 Å². The standard InChI is InChI=1S/C18H21NO/c20-17(2-1-13-3-5-19-6-4-13)18-10-14-7-15(11-18)9-16(8-14)12-18/h1-6,14-16H,7-12H2/b2-1+. The third kappa shape index (κ3) is 2.02. The molecule has 0 unspecified atom stereocenters. The fourth-order valence-electron chi connectivity index (χ4n) is 5.24. The van der Waals surface area contributed by atoms with Gasteiger partial charge in [0.2, 0.25) is 0 Å². The number of carbonyl (C=O) groups excluding carboxylic acids is 1. The van der Waals surface area contributed by atoms with Crippen molar-refractivity contribution in [3.05, 3.63) is 36.2 Å². The van der Waals surface area contributed by atoms with Crippen LogP contribution < -0.4 is 0 Å². The molecule has 1 heterocycles. The molecule has 4 aliphatic rings. The molecule has 0 aliphatic heterocycles. The first-order chi connectivity index (χ1) is 9.73. The van der Waals surface area contributed by atoms with Gasteiger partial charge < -0.3 is 0 Å². The molecule has 1 aromatic rings. The summed E-state index contributed by atoms with van der Waals surface area (Å²) in [5.41, 5.74) is 1.07. The number of ketones is 1. The second-order valence-corrected chi connectivity index (χ2v) is 7.18. The van der Waals surface area contributed by atoms with Crippen molar-refractivity contribution in [1.29, 1.82) is 0 Å². The molecule has 0 N–H and O–H groups in total. The fraction of sp³-hybridized carbons (Fsp3) is 0.556. The van der Waals surface area contributed by atoms with Crippen LogP contribution in [-0.4, -0.2) is 10.8 Å². The van der Waals surface area contributed by atoms with E-state index in [2.05, 4.69) is 4.98 Å². The molecule has 2 heteroatoms. The lowest BCUT2D eigenvalue weighted by atomic mass is 9.48. The lowest BCUT2D eigenvalue weighted by molar-refractivity contribution is -0.138. The molecule has 4 bridgehead atoms. The van der Waals surface area contributed by atoms with E-state index in [4.69, 9.17) is 0 Å². The molecular formula is C18H21NO. The van der Waals surface area contributed by atoms with Gasteiger partial charge in [-0.15, -0.1) is 0 Å². The van der Waals surface area contributed by atoms with E-state index >= 15 is 0 Å². The zero-order valence-corrected chi connectivity index (χ0v) is 11.8. The quantitative estimate of drug-likeness (QED) is 0.778. The molecule has 2 nitrogen and oxygen atoms in total. The highest BCUT2D eigenvalue weighted by Crippen LogP contribution is 2.60. The Hall–Kier alpha value is -1.44. The maximum atomic E-state index is 12.8. The van der Waals surface area contributed by atoms with Crippen LogP contribution in [-0.2, 0) is 4.79 Å². The summed E-state index contributed by atoms with van der Waals surface area (Å²) >= 11 is 0. The summed E-state index contributed by atoms with van der Waals surface area (Å²) in [6, 6.07) is 3.90. The molecule has 5 rings (SSSR count). The summed E-state index contributed by atoms with van der Waals surface area (Å²) < 4.78 is 0. The molecule has 0 aromatic carbocycles. The van der Waals surface area contributed by atoms with Gasteiger partial charge in [0.15, 0.2) is 5.78 Å². The van der Waals surface area contributed by atoms with Gasteiger partial charge in [-0.25, -0.2) is 0 Å². The van der Waals surface area contributed by atoms with E-state index in [0.29, 0.717) is 5.78 Å². The smallest absolute Gasteiger partial charge is 0.161 e. The van der Waals surface area contributed by atoms with Crippen molar-refractivity contribution in [3.63, 3.8) is 0 Å². The van der Waals surface area contributed by atoms with Crippen LogP contribution in [0.25, 0.3) is 6.08 Å². The Morgan fingerprint density at radius 1 is 1.05 bits per heavy atom. The summed E-state index contributed by atoms with van der Waals surface area (Å²) in [6.45, 7) is 0. The van der Waals surface area contributed by atoms with Crippen molar-refractivity contribution in [1.82, 2.24) is 4.98 Å². The van der Waals surface area contributed by atoms with E-state index in [0.717, 1.165) is 42.6 Å². The summed E-state index contributed by atoms with van der Waals surface area (Å²) in [5.74, 6) is 2.88. The van der Waals surface area contributed by atoms with Crippen molar-refractivity contribution in [2.75, 3.05) is 0 Å². The first-order valence-corrected chi connectivity index (χ1v) is 7.86. The Bertz CT molecular complexity index is 511. The normalized spacial score (nSPS) is 38.5. The Morgan fingerprint density at radius 2 is 1.60 bits per heavy atom. The second kappa shape index (κ2) is 4.54. The number of allylic oxidation sites excluding steroid dienone is 1. The summed E-state index contributed by atoms with van der Waals surface area (Å²) in [7, 11) is 0. The van der Waals surface area contributed by atoms with Gasteiger partial charge >= 0.3 is 0 Å². The zero-order valence-electron chi connectivity index (χ0n) is 11.8. The predicted molar refractivity (Wildman–Crippen MR) is 78.9 cm³/mol. The number of hydrogen-bond acceptors (Lipinski definition) is 2. The Kier molecular flexibility index (Phi) is 2.80. The molecule has 0 radical (unpaired) electrons. The third-order valence-corrected chi connectivity index (χ3v) is 5.69. The minimum atomic E-state index is -0.00171. The maximum absolute atomic E-state index is 12.8. The average Bonchev–Trinajstić information content (AvgIpc) is 2.44. The van der Waals surface area contributed by atoms with E-state index < -0.39 is 0 Å². The van der Waals surface area contributed by atoms with Crippen LogP contribution in [0.15, 0.2) is 30.6 Å². The maximum Gasteiger partial charge on any atom is 0.161 e. The molecule has 0 atom stereocenters. The summed E-state index contributed by atoms with van der Waals surface area (Å²) in [4.78, 5) is 16.8. The topological polar surface area (TPSA) is 30.0 Å². The minimum absolute atomic E-state index is 0.00171. The van der Waals surface area contributed by atoms with Crippen LogP contribution in [0.1, 0.15) is 44.1 Å². The first-order valence-electron chi connectivity index (χ1n) is 7.86. The Morgan fingerprint density at radius 3 is 2.15 bits per heavy atom. The van der Waals surface area contributed by atoms with Gasteiger partial charge in [0, 0.05) is 17.8 Å². The molecule has 0 amide bonds. The summed E-state index contributed by atoms with van der Waals surface area (Å²) in [5, 5.41) is 0. The number of hydrogen-bond donors (Lipinski definition) is 0. The van der Waals surface area contributed by atoms with E-state index in [1.165, 1.54) is 19.3 Å². The fourth-order valence-corrected chi connectivity index (χ4v) is 5.24. The van der Waals surface area contributed by atoms with Crippen molar-refractivity contribution >= 4 is 11.9 Å². The van der Waals surface area contributed by atoms with Gasteiger partial charge in [-0.05, 0) is 80.1 Å². The van der Waals surface area contributed by atoms with Gasteiger partial charge in [-0.1, -0.05) is 6.08 Å². The summed E-state index contributed by atoms with van der Waals surface area (Å²) in [6.07, 6.45) is 15.0. The van der Waals surface area contributed by atoms with Gasteiger partial charge in [-0.2, -0.15) is 0 Å². The monoisotopic (exact) mass is 267 g/mol. The van der Waals surface area contributed by atoms with Crippen molar-refractivity contribution in [2.24, 2.45) is 23.2 Å². The number of rotatable bonds is 3. The van der Waals surface area contributed by atoms with Crippen LogP contribution >= 0.6 is 0 Å². The largest absolute Gasteiger partial charge is 0.294 e. The third-order valence-electron chi connectivity index (χ3n) is 5.69. The van der Waals surface area contributed by atoms with Crippen LogP contribution in [0.5, 0.6) is 0 Å². The molecule has 0 spiro atoms. The molecule has 104 valence electrons. The highest BCUT2D eigenvalue weighted by atomic mass is 16.1. The molecule has 4 aliphatic carbocycles. The van der Waals surface area contributed by atoms with E-state index in [9.17, 15) is 4.79 Å². The number of pyridine rings is 1. The average molecular weight is 267 g/mol. The zero-order chi connectivity index (χ0) is 13.6. The Balaban J connectivity index is 1.55. The van der Waals surface area contributed by atoms with Gasteiger partial charge in [0.1, 0.15) is 0 Å². The molecule has 20 heavy (non-hydrogen) atoms. The van der Waals surface area contributed by atoms with Gasteiger partial charge in [0.25, 0.3) is 0 Å². The van der Waals surface area contributed by atoms with E-state index in [-0.39, 0.29) is 5.41 Å². The molecule has 4 fully saturated rings. The van der Waals surface area contributed by atoms with Crippen LogP contribution in [0, 0.1) is 23.2 Å². The second-order valence-electron chi connectivity index (χ2n) is 7.18. The van der Waals surface area contributed by atoms with Crippen molar-refractivity contribution in [2.45, 2.75) is 38.5 Å². The number of carbonyl (C=O) groups is 1. The van der Waals surface area contributed by atoms with Gasteiger partial charge in [0.05, 0.1) is 0 Å². The van der Waals surface area contributed by atoms with Crippen molar-refractivity contribution in [3.8, 4) is 0 Å². The van der Waals surface area contributed by atoms with Gasteiger partial charge in [-0.3, -0.25) is 9.78 Å². The van der Waals surface area contributed by atoms with Crippen molar-refractivity contribution < 1.29 is 4.79 Å². The molecule has 1 aromatic heterocycles. The lowest BCUT2D eigenvalue weighted by Gasteiger charge is -2.55. The lowest BCUT2D eigenvalue weighted by Crippen LogP contribution is -2.49. The number of nitrogens with zero attached hydrogens (tertiary/aromatic N) is 1. The van der Waals surface area contributed by atoms with Crippen LogP contribution in [0.4, 0.5) is 0 Å².